The average Bonchev–Trinajstić information content (AvgIpc) is 2.21. The van der Waals surface area contributed by atoms with Gasteiger partial charge in [-0.05, 0) is 45.3 Å². The molecule has 0 spiro atoms. The maximum Gasteiger partial charge on any atom is 0.309 e. The fraction of sp³-hybridized carbons (Fsp3) is 0.750. The van der Waals surface area contributed by atoms with Crippen molar-refractivity contribution in [2.45, 2.75) is 25.7 Å². The first kappa shape index (κ1) is 12.2. The first-order chi connectivity index (χ1) is 7.11. The van der Waals surface area contributed by atoms with Crippen molar-refractivity contribution in [1.29, 1.82) is 0 Å². The highest BCUT2D eigenvalue weighted by atomic mass is 16.5. The molecule has 0 aromatic rings. The molecule has 1 aliphatic heterocycles. The number of rotatable bonds is 4. The number of hydrogen-bond acceptors (Lipinski definition) is 3. The molecule has 0 amide bonds. The molecule has 86 valence electrons. The number of carbonyl (C=O) groups excluding carboxylic acids is 1. The Bertz CT molecular complexity index is 230. The number of piperidine rings is 1. The van der Waals surface area contributed by atoms with Gasteiger partial charge in [0.25, 0.3) is 0 Å². The summed E-state index contributed by atoms with van der Waals surface area (Å²) < 4.78 is 4.62. The molecule has 0 radical (unpaired) electrons. The summed E-state index contributed by atoms with van der Waals surface area (Å²) in [5.74, 6) is 0.534. The van der Waals surface area contributed by atoms with Gasteiger partial charge in [0.05, 0.1) is 13.5 Å². The van der Waals surface area contributed by atoms with Gasteiger partial charge >= 0.3 is 5.97 Å². The van der Waals surface area contributed by atoms with E-state index in [1.54, 1.807) is 0 Å². The molecular formula is C12H21NO2. The van der Waals surface area contributed by atoms with Gasteiger partial charge in [0.2, 0.25) is 0 Å². The molecule has 0 atom stereocenters. The minimum absolute atomic E-state index is 0.173. The van der Waals surface area contributed by atoms with Crippen LogP contribution in [-0.4, -0.2) is 38.1 Å². The van der Waals surface area contributed by atoms with Crippen molar-refractivity contribution in [3.8, 4) is 0 Å². The van der Waals surface area contributed by atoms with Gasteiger partial charge in [-0.1, -0.05) is 12.2 Å². The van der Waals surface area contributed by atoms with E-state index < -0.39 is 0 Å². The predicted molar refractivity (Wildman–Crippen MR) is 60.6 cm³/mol. The third kappa shape index (κ3) is 4.47. The second kappa shape index (κ2) is 5.91. The monoisotopic (exact) mass is 211 g/mol. The molecule has 1 rings (SSSR count). The smallest absolute Gasteiger partial charge is 0.309 e. The molecule has 1 heterocycles. The van der Waals surface area contributed by atoms with E-state index in [0.29, 0.717) is 12.3 Å². The fourth-order valence-electron chi connectivity index (χ4n) is 2.02. The van der Waals surface area contributed by atoms with Crippen LogP contribution in [0.1, 0.15) is 25.7 Å². The highest BCUT2D eigenvalue weighted by Crippen LogP contribution is 2.24. The van der Waals surface area contributed by atoms with E-state index in [-0.39, 0.29) is 5.97 Å². The molecular weight excluding hydrogens is 190 g/mol. The molecule has 1 fully saturated rings. The standard InChI is InChI=1S/C12H21NO2/c1-10(9-12(14)15-3)8-11-4-6-13(2)7-5-11/h11H,1,4-9H2,2-3H3. The van der Waals surface area contributed by atoms with Crippen LogP contribution in [-0.2, 0) is 9.53 Å². The van der Waals surface area contributed by atoms with Crippen LogP contribution in [0.4, 0.5) is 0 Å². The first-order valence-electron chi connectivity index (χ1n) is 5.54. The zero-order valence-electron chi connectivity index (χ0n) is 9.79. The fourth-order valence-corrected chi connectivity index (χ4v) is 2.02. The Kier molecular flexibility index (Phi) is 4.82. The molecule has 0 bridgehead atoms. The summed E-state index contributed by atoms with van der Waals surface area (Å²) in [7, 11) is 3.57. The predicted octanol–water partition coefficient (Wildman–Crippen LogP) is 1.84. The van der Waals surface area contributed by atoms with E-state index in [0.717, 1.165) is 25.1 Å². The van der Waals surface area contributed by atoms with Crippen molar-refractivity contribution in [1.82, 2.24) is 4.90 Å². The van der Waals surface area contributed by atoms with Crippen molar-refractivity contribution in [3.63, 3.8) is 0 Å². The number of carbonyl (C=O) groups is 1. The van der Waals surface area contributed by atoms with Crippen LogP contribution in [0.25, 0.3) is 0 Å². The summed E-state index contributed by atoms with van der Waals surface area (Å²) in [5, 5.41) is 0. The molecule has 0 aromatic heterocycles. The van der Waals surface area contributed by atoms with Crippen LogP contribution in [0, 0.1) is 5.92 Å². The van der Waals surface area contributed by atoms with Gasteiger partial charge in [-0.15, -0.1) is 0 Å². The van der Waals surface area contributed by atoms with E-state index in [4.69, 9.17) is 0 Å². The van der Waals surface area contributed by atoms with Gasteiger partial charge in [-0.3, -0.25) is 4.79 Å². The molecule has 3 nitrogen and oxygen atoms in total. The molecule has 3 heteroatoms. The van der Waals surface area contributed by atoms with Crippen LogP contribution in [0.2, 0.25) is 0 Å². The number of methoxy groups -OCH3 is 1. The number of likely N-dealkylation sites (tertiary alicyclic amines) is 1. The maximum absolute atomic E-state index is 11.0. The Morgan fingerprint density at radius 2 is 2.07 bits per heavy atom. The Morgan fingerprint density at radius 1 is 1.47 bits per heavy atom. The minimum Gasteiger partial charge on any atom is -0.469 e. The molecule has 0 saturated carbocycles. The van der Waals surface area contributed by atoms with Crippen molar-refractivity contribution in [2.75, 3.05) is 27.2 Å². The van der Waals surface area contributed by atoms with E-state index in [9.17, 15) is 4.79 Å². The van der Waals surface area contributed by atoms with E-state index in [1.807, 2.05) is 0 Å². The first-order valence-corrected chi connectivity index (χ1v) is 5.54. The maximum atomic E-state index is 11.0. The van der Waals surface area contributed by atoms with Crippen molar-refractivity contribution in [2.24, 2.45) is 5.92 Å². The number of nitrogens with zero attached hydrogens (tertiary/aromatic N) is 1. The largest absolute Gasteiger partial charge is 0.469 e. The zero-order valence-corrected chi connectivity index (χ0v) is 9.79. The van der Waals surface area contributed by atoms with Crippen LogP contribution in [0.3, 0.4) is 0 Å². The van der Waals surface area contributed by atoms with Crippen molar-refractivity contribution in [3.05, 3.63) is 12.2 Å². The Balaban J connectivity index is 2.23. The van der Waals surface area contributed by atoms with E-state index in [2.05, 4.69) is 23.3 Å². The second-order valence-electron chi connectivity index (χ2n) is 4.45. The van der Waals surface area contributed by atoms with Gasteiger partial charge in [0.1, 0.15) is 0 Å². The molecule has 1 saturated heterocycles. The molecule has 0 N–H and O–H groups in total. The highest BCUT2D eigenvalue weighted by molar-refractivity contribution is 5.72. The summed E-state index contributed by atoms with van der Waals surface area (Å²) in [5.41, 5.74) is 1.01. The van der Waals surface area contributed by atoms with Gasteiger partial charge < -0.3 is 9.64 Å². The van der Waals surface area contributed by atoms with Gasteiger partial charge in [0.15, 0.2) is 0 Å². The minimum atomic E-state index is -0.173. The average molecular weight is 211 g/mol. The summed E-state index contributed by atoms with van der Waals surface area (Å²) >= 11 is 0. The summed E-state index contributed by atoms with van der Waals surface area (Å²) in [6, 6.07) is 0. The molecule has 0 aromatic carbocycles. The Morgan fingerprint density at radius 3 is 2.60 bits per heavy atom. The van der Waals surface area contributed by atoms with Gasteiger partial charge in [0, 0.05) is 0 Å². The lowest BCUT2D eigenvalue weighted by atomic mass is 9.90. The van der Waals surface area contributed by atoms with Crippen LogP contribution >= 0.6 is 0 Å². The normalized spacial score (nSPS) is 18.8. The van der Waals surface area contributed by atoms with Crippen LogP contribution in [0.5, 0.6) is 0 Å². The summed E-state index contributed by atoms with van der Waals surface area (Å²) in [6.45, 7) is 6.27. The second-order valence-corrected chi connectivity index (χ2v) is 4.45. The van der Waals surface area contributed by atoms with Gasteiger partial charge in [-0.2, -0.15) is 0 Å². The van der Waals surface area contributed by atoms with E-state index in [1.165, 1.54) is 20.0 Å². The lowest BCUT2D eigenvalue weighted by Crippen LogP contribution is -2.30. The van der Waals surface area contributed by atoms with Crippen molar-refractivity contribution >= 4 is 5.97 Å². The van der Waals surface area contributed by atoms with E-state index >= 15 is 0 Å². The lowest BCUT2D eigenvalue weighted by Gasteiger charge is -2.29. The zero-order chi connectivity index (χ0) is 11.3. The summed E-state index contributed by atoms with van der Waals surface area (Å²) in [6.07, 6.45) is 3.79. The van der Waals surface area contributed by atoms with Crippen LogP contribution in [0.15, 0.2) is 12.2 Å². The van der Waals surface area contributed by atoms with Gasteiger partial charge in [-0.25, -0.2) is 0 Å². The number of esters is 1. The third-order valence-electron chi connectivity index (χ3n) is 3.04. The third-order valence-corrected chi connectivity index (χ3v) is 3.04. The highest BCUT2D eigenvalue weighted by Gasteiger charge is 2.18. The molecule has 0 unspecified atom stereocenters. The molecule has 15 heavy (non-hydrogen) atoms. The number of hydrogen-bond donors (Lipinski definition) is 0. The van der Waals surface area contributed by atoms with Crippen molar-refractivity contribution < 1.29 is 9.53 Å². The summed E-state index contributed by atoms with van der Waals surface area (Å²) in [4.78, 5) is 13.4. The van der Waals surface area contributed by atoms with Crippen LogP contribution < -0.4 is 0 Å². The SMILES string of the molecule is C=C(CC(=O)OC)CC1CCN(C)CC1. The Hall–Kier alpha value is -0.830. The molecule has 1 aliphatic rings. The number of ether oxygens (including phenoxy) is 1. The topological polar surface area (TPSA) is 29.5 Å². The quantitative estimate of drug-likeness (QED) is 0.525. The Labute approximate surface area is 92.1 Å². The molecule has 0 aliphatic carbocycles. The lowest BCUT2D eigenvalue weighted by molar-refractivity contribution is -0.139.